The second-order valence-electron chi connectivity index (χ2n) is 12.4. The van der Waals surface area contributed by atoms with E-state index in [9.17, 15) is 20.1 Å². The molecule has 0 N–H and O–H groups in total. The zero-order valence-electron chi connectivity index (χ0n) is 31.6. The van der Waals surface area contributed by atoms with Crippen molar-refractivity contribution >= 4 is 35.5 Å². The highest BCUT2D eigenvalue weighted by Gasteiger charge is 2.19. The number of hydrogen-bond donors (Lipinski definition) is 0. The average molecular weight is 701 g/mol. The van der Waals surface area contributed by atoms with Crippen LogP contribution in [0.5, 0.6) is 0 Å². The summed E-state index contributed by atoms with van der Waals surface area (Å²) in [5.41, 5.74) is 5.32. The fourth-order valence-electron chi connectivity index (χ4n) is 5.19. The Morgan fingerprint density at radius 2 is 1.20 bits per heavy atom. The van der Waals surface area contributed by atoms with Crippen LogP contribution in [0.2, 0.25) is 0 Å². The number of hydrogen-bond acceptors (Lipinski definition) is 10. The minimum atomic E-state index is -0.856. The molecule has 0 bridgehead atoms. The van der Waals surface area contributed by atoms with Crippen LogP contribution in [-0.2, 0) is 41.4 Å². The number of nitriles is 2. The molecule has 10 heteroatoms. The van der Waals surface area contributed by atoms with Crippen molar-refractivity contribution in [3.8, 4) is 12.1 Å². The zero-order chi connectivity index (χ0) is 37.6. The molecule has 2 rings (SSSR count). The minimum absolute atomic E-state index is 0.159. The second-order valence-corrected chi connectivity index (χ2v) is 12.4. The van der Waals surface area contributed by atoms with Gasteiger partial charge >= 0.3 is 11.9 Å². The number of ether oxygens (including phenoxy) is 4. The molecule has 0 aliphatic rings. The van der Waals surface area contributed by atoms with Crippen LogP contribution >= 0.6 is 0 Å². The predicted molar refractivity (Wildman–Crippen MR) is 203 cm³/mol. The standard InChI is InChI=1S/C41H56N4O6/c1-8-12-14-32-26-38(44(6)20-22-48-10-3)18-16-34(32)24-36(28-42)40(46)50-30-31(5)51-41(47)37(29-43)25-35-17-19-39(27-33(35)15-13-9-2)45(7)21-23-49-11-4/h16-19,24-27,31H,8-15,20-23,30H2,1-7H3/b36-24+,37-25+. The van der Waals surface area contributed by atoms with E-state index in [1.807, 2.05) is 64.3 Å². The Labute approximate surface area is 305 Å². The fourth-order valence-corrected chi connectivity index (χ4v) is 5.19. The highest BCUT2D eigenvalue weighted by molar-refractivity contribution is 5.99. The first kappa shape index (κ1) is 42.5. The van der Waals surface area contributed by atoms with E-state index in [1.54, 1.807) is 19.1 Å². The third kappa shape index (κ3) is 14.6. The quantitative estimate of drug-likeness (QED) is 0.0505. The summed E-state index contributed by atoms with van der Waals surface area (Å²) in [6.45, 7) is 13.5. The number of benzene rings is 2. The second kappa shape index (κ2) is 23.7. The average Bonchev–Trinajstić information content (AvgIpc) is 3.13. The van der Waals surface area contributed by atoms with Crippen molar-refractivity contribution in [2.75, 3.05) is 70.0 Å². The van der Waals surface area contributed by atoms with Crippen LogP contribution in [-0.4, -0.2) is 78.3 Å². The Hall–Kier alpha value is -4.64. The van der Waals surface area contributed by atoms with Gasteiger partial charge in [-0.05, 0) is 105 Å². The van der Waals surface area contributed by atoms with Crippen molar-refractivity contribution in [1.29, 1.82) is 10.5 Å². The number of carbonyl (C=O) groups excluding carboxylic acids is 2. The number of likely N-dealkylation sites (N-methyl/N-ethyl adjacent to an activating group) is 2. The highest BCUT2D eigenvalue weighted by Crippen LogP contribution is 2.25. The van der Waals surface area contributed by atoms with Crippen molar-refractivity contribution in [2.45, 2.75) is 79.2 Å². The molecule has 0 heterocycles. The zero-order valence-corrected chi connectivity index (χ0v) is 31.6. The van der Waals surface area contributed by atoms with Gasteiger partial charge in [-0.25, -0.2) is 9.59 Å². The monoisotopic (exact) mass is 700 g/mol. The van der Waals surface area contributed by atoms with Crippen LogP contribution in [0.1, 0.15) is 82.6 Å². The fraction of sp³-hybridized carbons (Fsp3) is 0.512. The number of nitrogens with zero attached hydrogens (tertiary/aromatic N) is 4. The molecule has 10 nitrogen and oxygen atoms in total. The molecule has 0 radical (unpaired) electrons. The van der Waals surface area contributed by atoms with Gasteiger partial charge in [-0.3, -0.25) is 0 Å². The molecule has 0 fully saturated rings. The van der Waals surface area contributed by atoms with E-state index in [2.05, 4.69) is 35.8 Å². The van der Waals surface area contributed by atoms with Crippen LogP contribution in [0.3, 0.4) is 0 Å². The number of unbranched alkanes of at least 4 members (excludes halogenated alkanes) is 2. The molecule has 51 heavy (non-hydrogen) atoms. The lowest BCUT2D eigenvalue weighted by Gasteiger charge is -2.21. The molecule has 2 aromatic rings. The van der Waals surface area contributed by atoms with Crippen molar-refractivity contribution in [2.24, 2.45) is 0 Å². The van der Waals surface area contributed by atoms with Crippen LogP contribution in [0, 0.1) is 22.7 Å². The van der Waals surface area contributed by atoms with Crippen LogP contribution in [0.4, 0.5) is 11.4 Å². The van der Waals surface area contributed by atoms with Gasteiger partial charge in [-0.1, -0.05) is 38.8 Å². The third-order valence-electron chi connectivity index (χ3n) is 8.32. The van der Waals surface area contributed by atoms with E-state index < -0.39 is 18.0 Å². The predicted octanol–water partition coefficient (Wildman–Crippen LogP) is 7.31. The molecule has 0 aliphatic heterocycles. The van der Waals surface area contributed by atoms with Crippen molar-refractivity contribution in [1.82, 2.24) is 0 Å². The maximum absolute atomic E-state index is 13.0. The van der Waals surface area contributed by atoms with Crippen LogP contribution in [0.25, 0.3) is 12.2 Å². The molecule has 0 spiro atoms. The van der Waals surface area contributed by atoms with E-state index in [4.69, 9.17) is 18.9 Å². The van der Waals surface area contributed by atoms with Crippen molar-refractivity contribution < 1.29 is 28.5 Å². The summed E-state index contributed by atoms with van der Waals surface area (Å²) in [5, 5.41) is 19.7. The summed E-state index contributed by atoms with van der Waals surface area (Å²) in [6, 6.07) is 15.8. The first-order valence-electron chi connectivity index (χ1n) is 18.1. The SMILES string of the molecule is CCCCc1cc(N(C)CCOCC)ccc1/C=C(\C#N)C(=O)OCC(C)OC(=O)/C(C#N)=C/c1ccc(N(C)CCOCC)cc1CCCC. The lowest BCUT2D eigenvalue weighted by Crippen LogP contribution is -2.23. The van der Waals surface area contributed by atoms with Gasteiger partial charge in [0.15, 0.2) is 0 Å². The Kier molecular flexibility index (Phi) is 19.8. The molecule has 1 unspecified atom stereocenters. The Morgan fingerprint density at radius 3 is 1.61 bits per heavy atom. The molecular weight excluding hydrogens is 644 g/mol. The van der Waals surface area contributed by atoms with E-state index >= 15 is 0 Å². The minimum Gasteiger partial charge on any atom is -0.458 e. The lowest BCUT2D eigenvalue weighted by atomic mass is 9.99. The molecule has 0 aliphatic carbocycles. The smallest absolute Gasteiger partial charge is 0.349 e. The number of aryl methyl sites for hydroxylation is 2. The number of esters is 2. The topological polar surface area (TPSA) is 125 Å². The first-order chi connectivity index (χ1) is 24.6. The van der Waals surface area contributed by atoms with Crippen molar-refractivity contribution in [3.63, 3.8) is 0 Å². The normalized spacial score (nSPS) is 12.1. The van der Waals surface area contributed by atoms with Gasteiger partial charge in [0.25, 0.3) is 0 Å². The van der Waals surface area contributed by atoms with E-state index in [-0.39, 0.29) is 17.8 Å². The summed E-state index contributed by atoms with van der Waals surface area (Å²) in [5.74, 6) is -1.63. The summed E-state index contributed by atoms with van der Waals surface area (Å²) < 4.78 is 21.9. The Bertz CT molecular complexity index is 1550. The third-order valence-corrected chi connectivity index (χ3v) is 8.32. The molecular formula is C41H56N4O6. The van der Waals surface area contributed by atoms with E-state index in [0.717, 1.165) is 85.2 Å². The van der Waals surface area contributed by atoms with Gasteiger partial charge < -0.3 is 28.7 Å². The number of rotatable bonds is 23. The molecule has 0 saturated carbocycles. The number of carbonyl (C=O) groups is 2. The van der Waals surface area contributed by atoms with Gasteiger partial charge in [0, 0.05) is 51.8 Å². The van der Waals surface area contributed by atoms with Crippen LogP contribution < -0.4 is 9.80 Å². The van der Waals surface area contributed by atoms with Gasteiger partial charge in [0.05, 0.1) is 13.2 Å². The maximum atomic E-state index is 13.0. The lowest BCUT2D eigenvalue weighted by molar-refractivity contribution is -0.152. The largest absolute Gasteiger partial charge is 0.458 e. The highest BCUT2D eigenvalue weighted by atomic mass is 16.6. The molecule has 276 valence electrons. The molecule has 0 saturated heterocycles. The summed E-state index contributed by atoms with van der Waals surface area (Å²) >= 11 is 0. The van der Waals surface area contributed by atoms with Gasteiger partial charge in [-0.2, -0.15) is 10.5 Å². The number of anilines is 2. The van der Waals surface area contributed by atoms with E-state index in [0.29, 0.717) is 26.4 Å². The van der Waals surface area contributed by atoms with Crippen LogP contribution in [0.15, 0.2) is 47.5 Å². The van der Waals surface area contributed by atoms with Crippen molar-refractivity contribution in [3.05, 3.63) is 69.8 Å². The summed E-state index contributed by atoms with van der Waals surface area (Å²) in [6.07, 6.45) is 7.73. The summed E-state index contributed by atoms with van der Waals surface area (Å²) in [4.78, 5) is 30.2. The maximum Gasteiger partial charge on any atom is 0.349 e. The Morgan fingerprint density at radius 1 is 0.745 bits per heavy atom. The van der Waals surface area contributed by atoms with Gasteiger partial charge in [-0.15, -0.1) is 0 Å². The molecule has 1 atom stereocenters. The first-order valence-corrected chi connectivity index (χ1v) is 18.1. The molecule has 2 aromatic carbocycles. The molecule has 0 aromatic heterocycles. The van der Waals surface area contributed by atoms with E-state index in [1.165, 1.54) is 0 Å². The molecule has 0 amide bonds. The summed E-state index contributed by atoms with van der Waals surface area (Å²) in [7, 11) is 4.01. The Balaban J connectivity index is 2.15. The van der Waals surface area contributed by atoms with Gasteiger partial charge in [0.1, 0.15) is 36.0 Å². The van der Waals surface area contributed by atoms with Gasteiger partial charge in [0.2, 0.25) is 0 Å².